The molecule has 0 saturated heterocycles. The molecule has 0 saturated carbocycles. The van der Waals surface area contributed by atoms with Crippen molar-refractivity contribution in [3.8, 4) is 11.1 Å². The molecule has 0 aromatic heterocycles. The summed E-state index contributed by atoms with van der Waals surface area (Å²) in [5, 5.41) is 2.16. The van der Waals surface area contributed by atoms with Gasteiger partial charge in [-0.05, 0) is 41.0 Å². The van der Waals surface area contributed by atoms with Gasteiger partial charge in [0.05, 0.1) is 0 Å². The highest BCUT2D eigenvalue weighted by molar-refractivity contribution is 5.96. The standard InChI is InChI=1S/C18H16FN/c1-12(20)14-9-10-18(19)17(11-14)16-8-4-6-13-5-2-3-7-15(13)16/h2-12H,20H2,1H3. The largest absolute Gasteiger partial charge is 0.324 e. The molecule has 0 aliphatic heterocycles. The summed E-state index contributed by atoms with van der Waals surface area (Å²) < 4.78 is 14.2. The Labute approximate surface area is 117 Å². The summed E-state index contributed by atoms with van der Waals surface area (Å²) in [7, 11) is 0. The van der Waals surface area contributed by atoms with E-state index in [1.807, 2.05) is 55.5 Å². The number of rotatable bonds is 2. The number of hydrogen-bond donors (Lipinski definition) is 1. The molecule has 0 bridgehead atoms. The summed E-state index contributed by atoms with van der Waals surface area (Å²) in [6.07, 6.45) is 0. The summed E-state index contributed by atoms with van der Waals surface area (Å²) >= 11 is 0. The number of benzene rings is 3. The molecule has 3 rings (SSSR count). The molecular weight excluding hydrogens is 249 g/mol. The minimum atomic E-state index is -0.217. The van der Waals surface area contributed by atoms with Gasteiger partial charge in [-0.2, -0.15) is 0 Å². The van der Waals surface area contributed by atoms with Gasteiger partial charge in [0.15, 0.2) is 0 Å². The minimum absolute atomic E-state index is 0.107. The van der Waals surface area contributed by atoms with E-state index in [1.54, 1.807) is 6.07 Å². The molecule has 20 heavy (non-hydrogen) atoms. The van der Waals surface area contributed by atoms with Gasteiger partial charge in [0, 0.05) is 11.6 Å². The first-order chi connectivity index (χ1) is 9.66. The van der Waals surface area contributed by atoms with Crippen LogP contribution in [-0.2, 0) is 0 Å². The molecule has 0 amide bonds. The van der Waals surface area contributed by atoms with Crippen molar-refractivity contribution < 1.29 is 4.39 Å². The summed E-state index contributed by atoms with van der Waals surface area (Å²) in [4.78, 5) is 0. The first kappa shape index (κ1) is 12.8. The van der Waals surface area contributed by atoms with Gasteiger partial charge in [-0.15, -0.1) is 0 Å². The van der Waals surface area contributed by atoms with Crippen LogP contribution in [0.2, 0.25) is 0 Å². The molecule has 1 nitrogen and oxygen atoms in total. The van der Waals surface area contributed by atoms with Gasteiger partial charge in [-0.25, -0.2) is 4.39 Å². The fourth-order valence-corrected chi connectivity index (χ4v) is 2.49. The van der Waals surface area contributed by atoms with Crippen molar-refractivity contribution in [1.82, 2.24) is 0 Å². The second kappa shape index (κ2) is 5.06. The average Bonchev–Trinajstić information content (AvgIpc) is 2.47. The average molecular weight is 265 g/mol. The van der Waals surface area contributed by atoms with Gasteiger partial charge in [0.1, 0.15) is 5.82 Å². The summed E-state index contributed by atoms with van der Waals surface area (Å²) in [6, 6.07) is 18.9. The van der Waals surface area contributed by atoms with E-state index in [-0.39, 0.29) is 11.9 Å². The topological polar surface area (TPSA) is 26.0 Å². The van der Waals surface area contributed by atoms with Gasteiger partial charge in [-0.3, -0.25) is 0 Å². The Morgan fingerprint density at radius 2 is 1.65 bits per heavy atom. The Hall–Kier alpha value is -2.19. The van der Waals surface area contributed by atoms with Crippen molar-refractivity contribution in [2.45, 2.75) is 13.0 Å². The first-order valence-corrected chi connectivity index (χ1v) is 6.70. The van der Waals surface area contributed by atoms with Crippen LogP contribution in [0.1, 0.15) is 18.5 Å². The summed E-state index contributed by atoms with van der Waals surface area (Å²) in [5.74, 6) is -0.217. The molecule has 0 heterocycles. The van der Waals surface area contributed by atoms with Crippen LogP contribution in [0.15, 0.2) is 60.7 Å². The van der Waals surface area contributed by atoms with Gasteiger partial charge in [0.25, 0.3) is 0 Å². The predicted octanol–water partition coefficient (Wildman–Crippen LogP) is 4.67. The van der Waals surface area contributed by atoms with Crippen LogP contribution < -0.4 is 5.73 Å². The van der Waals surface area contributed by atoms with Crippen LogP contribution in [0.4, 0.5) is 4.39 Å². The lowest BCUT2D eigenvalue weighted by Gasteiger charge is -2.12. The van der Waals surface area contributed by atoms with Crippen LogP contribution in [0.3, 0.4) is 0 Å². The quantitative estimate of drug-likeness (QED) is 0.716. The van der Waals surface area contributed by atoms with Crippen LogP contribution >= 0.6 is 0 Å². The lowest BCUT2D eigenvalue weighted by molar-refractivity contribution is 0.629. The monoisotopic (exact) mass is 265 g/mol. The van der Waals surface area contributed by atoms with Crippen LogP contribution in [-0.4, -0.2) is 0 Å². The van der Waals surface area contributed by atoms with E-state index < -0.39 is 0 Å². The molecule has 100 valence electrons. The third-order valence-electron chi connectivity index (χ3n) is 3.60. The zero-order valence-electron chi connectivity index (χ0n) is 11.3. The number of halogens is 1. The Bertz CT molecular complexity index is 757. The maximum absolute atomic E-state index is 14.2. The minimum Gasteiger partial charge on any atom is -0.324 e. The van der Waals surface area contributed by atoms with Gasteiger partial charge < -0.3 is 5.73 Å². The smallest absolute Gasteiger partial charge is 0.131 e. The maximum Gasteiger partial charge on any atom is 0.131 e. The van der Waals surface area contributed by atoms with Gasteiger partial charge in [0.2, 0.25) is 0 Å². The van der Waals surface area contributed by atoms with Crippen molar-refractivity contribution in [3.05, 3.63) is 72.0 Å². The van der Waals surface area contributed by atoms with E-state index in [0.29, 0.717) is 5.56 Å². The van der Waals surface area contributed by atoms with Crippen molar-refractivity contribution in [3.63, 3.8) is 0 Å². The molecule has 0 fully saturated rings. The zero-order chi connectivity index (χ0) is 14.1. The summed E-state index contributed by atoms with van der Waals surface area (Å²) in [6.45, 7) is 1.90. The van der Waals surface area contributed by atoms with E-state index in [9.17, 15) is 4.39 Å². The number of nitrogens with two attached hydrogens (primary N) is 1. The van der Waals surface area contributed by atoms with Crippen molar-refractivity contribution >= 4 is 10.8 Å². The normalized spacial score (nSPS) is 12.6. The zero-order valence-corrected chi connectivity index (χ0v) is 11.3. The number of fused-ring (bicyclic) bond motifs is 1. The van der Waals surface area contributed by atoms with Crippen LogP contribution in [0, 0.1) is 5.82 Å². The second-order valence-corrected chi connectivity index (χ2v) is 5.05. The highest BCUT2D eigenvalue weighted by Crippen LogP contribution is 2.31. The molecule has 0 aliphatic carbocycles. The SMILES string of the molecule is CC(N)c1ccc(F)c(-c2cccc3ccccc23)c1. The number of hydrogen-bond acceptors (Lipinski definition) is 1. The Morgan fingerprint density at radius 1 is 0.900 bits per heavy atom. The fourth-order valence-electron chi connectivity index (χ4n) is 2.49. The first-order valence-electron chi connectivity index (χ1n) is 6.70. The lowest BCUT2D eigenvalue weighted by atomic mass is 9.95. The Balaban J connectivity index is 2.28. The van der Waals surface area contributed by atoms with Crippen molar-refractivity contribution in [2.24, 2.45) is 5.73 Å². The van der Waals surface area contributed by atoms with Crippen molar-refractivity contribution in [1.29, 1.82) is 0 Å². The molecule has 0 radical (unpaired) electrons. The highest BCUT2D eigenvalue weighted by atomic mass is 19.1. The summed E-state index contributed by atoms with van der Waals surface area (Å²) in [5.41, 5.74) is 8.35. The lowest BCUT2D eigenvalue weighted by Crippen LogP contribution is -2.05. The molecular formula is C18H16FN. The third-order valence-corrected chi connectivity index (χ3v) is 3.60. The Kier molecular flexibility index (Phi) is 3.25. The van der Waals surface area contributed by atoms with Gasteiger partial charge >= 0.3 is 0 Å². The van der Waals surface area contributed by atoms with Gasteiger partial charge in [-0.1, -0.05) is 48.5 Å². The van der Waals surface area contributed by atoms with Crippen molar-refractivity contribution in [2.75, 3.05) is 0 Å². The third kappa shape index (κ3) is 2.19. The highest BCUT2D eigenvalue weighted by Gasteiger charge is 2.10. The van der Waals surface area contributed by atoms with Crippen LogP contribution in [0.5, 0.6) is 0 Å². The maximum atomic E-state index is 14.2. The fraction of sp³-hybridized carbons (Fsp3) is 0.111. The molecule has 2 N–H and O–H groups in total. The molecule has 0 spiro atoms. The second-order valence-electron chi connectivity index (χ2n) is 5.05. The van der Waals surface area contributed by atoms with Crippen LogP contribution in [0.25, 0.3) is 21.9 Å². The molecule has 1 atom stereocenters. The molecule has 3 aromatic rings. The predicted molar refractivity (Wildman–Crippen MR) is 81.9 cm³/mol. The van der Waals surface area contributed by atoms with E-state index >= 15 is 0 Å². The molecule has 2 heteroatoms. The van der Waals surface area contributed by atoms with E-state index in [2.05, 4.69) is 0 Å². The van der Waals surface area contributed by atoms with E-state index in [1.165, 1.54) is 6.07 Å². The Morgan fingerprint density at radius 3 is 2.45 bits per heavy atom. The molecule has 0 aliphatic rings. The van der Waals surface area contributed by atoms with E-state index in [4.69, 9.17) is 5.73 Å². The van der Waals surface area contributed by atoms with E-state index in [0.717, 1.165) is 21.9 Å². The molecule has 3 aromatic carbocycles. The molecule has 1 unspecified atom stereocenters.